The van der Waals surface area contributed by atoms with Gasteiger partial charge in [0.1, 0.15) is 6.04 Å². The minimum atomic E-state index is -4.78. The molecule has 8 heteroatoms. The van der Waals surface area contributed by atoms with E-state index in [1.165, 1.54) is 6.92 Å². The summed E-state index contributed by atoms with van der Waals surface area (Å²) in [5, 5.41) is 20.0. The molecule has 0 saturated heterocycles. The molecule has 0 bridgehead atoms. The van der Waals surface area contributed by atoms with E-state index in [4.69, 9.17) is 5.73 Å². The monoisotopic (exact) mass is 250 g/mol. The van der Waals surface area contributed by atoms with E-state index in [1.54, 1.807) is 0 Å². The van der Waals surface area contributed by atoms with Crippen LogP contribution in [0.3, 0.4) is 0 Å². The Morgan fingerprint density at radius 2 is 2.00 bits per heavy atom. The summed E-state index contributed by atoms with van der Waals surface area (Å²) < 4.78 is 37.0. The second-order valence-electron chi connectivity index (χ2n) is 3.45. The van der Waals surface area contributed by atoms with Gasteiger partial charge in [-0.3, -0.25) is 10.1 Å². The number of hydrogen-bond donors (Lipinski definition) is 2. The highest BCUT2D eigenvalue weighted by molar-refractivity contribution is 5.56. The van der Waals surface area contributed by atoms with Gasteiger partial charge in [0.25, 0.3) is 0 Å². The fraction of sp³-hybridized carbons (Fsp3) is 0.333. The summed E-state index contributed by atoms with van der Waals surface area (Å²) in [6, 6.07) is -0.420. The minimum absolute atomic E-state index is 0.0608. The predicted molar refractivity (Wildman–Crippen MR) is 52.5 cm³/mol. The second-order valence-corrected chi connectivity index (χ2v) is 3.45. The Bertz CT molecular complexity index is 460. The number of rotatable bonds is 2. The highest BCUT2D eigenvalue weighted by atomic mass is 19.4. The van der Waals surface area contributed by atoms with Crippen LogP contribution >= 0.6 is 0 Å². The highest BCUT2D eigenvalue weighted by Crippen LogP contribution is 2.40. The van der Waals surface area contributed by atoms with Crippen LogP contribution in [0.1, 0.15) is 17.2 Å². The molecule has 0 radical (unpaired) electrons. The van der Waals surface area contributed by atoms with Crippen LogP contribution in [0.15, 0.2) is 12.1 Å². The molecule has 94 valence electrons. The van der Waals surface area contributed by atoms with Crippen molar-refractivity contribution in [2.24, 2.45) is 5.73 Å². The maximum Gasteiger partial charge on any atom is 0.407 e. The van der Waals surface area contributed by atoms with Gasteiger partial charge >= 0.3 is 11.9 Å². The zero-order valence-corrected chi connectivity index (χ0v) is 8.65. The van der Waals surface area contributed by atoms with Crippen molar-refractivity contribution in [3.05, 3.63) is 33.4 Å². The van der Waals surface area contributed by atoms with Crippen molar-refractivity contribution < 1.29 is 23.2 Å². The summed E-state index contributed by atoms with van der Waals surface area (Å²) in [6.45, 7) is 1.31. The third kappa shape index (κ3) is 2.47. The van der Waals surface area contributed by atoms with Crippen LogP contribution in [0.25, 0.3) is 0 Å². The Morgan fingerprint density at radius 1 is 1.47 bits per heavy atom. The van der Waals surface area contributed by atoms with E-state index in [-0.39, 0.29) is 5.56 Å². The van der Waals surface area contributed by atoms with E-state index in [0.717, 1.165) is 12.1 Å². The number of nitrogens with zero attached hydrogens (tertiary/aromatic N) is 1. The molecule has 0 spiro atoms. The third-order valence-electron chi connectivity index (χ3n) is 2.25. The van der Waals surface area contributed by atoms with Crippen LogP contribution in [-0.4, -0.2) is 16.2 Å². The molecule has 0 fully saturated rings. The molecule has 1 aromatic carbocycles. The molecule has 0 amide bonds. The first kappa shape index (κ1) is 13.2. The van der Waals surface area contributed by atoms with Crippen molar-refractivity contribution in [3.63, 3.8) is 0 Å². The Morgan fingerprint density at radius 3 is 2.41 bits per heavy atom. The first-order chi connectivity index (χ1) is 7.66. The van der Waals surface area contributed by atoms with E-state index in [1.807, 2.05) is 0 Å². The number of aryl methyl sites for hydroxylation is 1. The molecule has 0 aliphatic carbocycles. The van der Waals surface area contributed by atoms with E-state index < -0.39 is 34.1 Å². The molecular weight excluding hydrogens is 241 g/mol. The number of nitrogens with two attached hydrogens (primary N) is 1. The molecule has 1 atom stereocenters. The van der Waals surface area contributed by atoms with Crippen LogP contribution < -0.4 is 5.73 Å². The first-order valence-corrected chi connectivity index (χ1v) is 4.45. The molecule has 0 heterocycles. The van der Waals surface area contributed by atoms with Gasteiger partial charge in [-0.05, 0) is 6.92 Å². The average molecular weight is 250 g/mol. The molecule has 0 aromatic heterocycles. The minimum Gasteiger partial charge on any atom is -0.502 e. The highest BCUT2D eigenvalue weighted by Gasteiger charge is 2.40. The van der Waals surface area contributed by atoms with Crippen molar-refractivity contribution in [2.75, 3.05) is 0 Å². The number of benzene rings is 1. The normalized spacial score (nSPS) is 13.5. The van der Waals surface area contributed by atoms with Crippen molar-refractivity contribution in [2.45, 2.75) is 19.1 Å². The quantitative estimate of drug-likeness (QED) is 0.621. The summed E-state index contributed by atoms with van der Waals surface area (Å²) in [6.07, 6.45) is -4.78. The smallest absolute Gasteiger partial charge is 0.407 e. The molecule has 0 saturated carbocycles. The van der Waals surface area contributed by atoms with Gasteiger partial charge in [0.2, 0.25) is 0 Å². The lowest BCUT2D eigenvalue weighted by Gasteiger charge is -2.17. The Kier molecular flexibility index (Phi) is 3.28. The summed E-state index contributed by atoms with van der Waals surface area (Å²) in [4.78, 5) is 9.64. The van der Waals surface area contributed by atoms with Crippen LogP contribution in [-0.2, 0) is 0 Å². The van der Waals surface area contributed by atoms with Gasteiger partial charge < -0.3 is 10.8 Å². The van der Waals surface area contributed by atoms with E-state index in [2.05, 4.69) is 0 Å². The van der Waals surface area contributed by atoms with Gasteiger partial charge in [0, 0.05) is 11.1 Å². The van der Waals surface area contributed by atoms with Gasteiger partial charge in [-0.25, -0.2) is 0 Å². The fourth-order valence-corrected chi connectivity index (χ4v) is 1.35. The molecule has 3 N–H and O–H groups in total. The molecule has 0 unspecified atom stereocenters. The van der Waals surface area contributed by atoms with Gasteiger partial charge in [-0.15, -0.1) is 0 Å². The van der Waals surface area contributed by atoms with Crippen LogP contribution in [0.5, 0.6) is 5.75 Å². The Balaban J connectivity index is 3.39. The standard InChI is InChI=1S/C9H9F3N2O3/c1-4-2-3-5(8(13)9(10,11)12)7(15)6(4)14(16)17/h2-3,8,15H,13H2,1H3/t8-/m0/s1. The van der Waals surface area contributed by atoms with Crippen molar-refractivity contribution in [3.8, 4) is 5.75 Å². The molecule has 5 nitrogen and oxygen atoms in total. The average Bonchev–Trinajstić information content (AvgIpc) is 2.15. The number of nitro groups is 1. The third-order valence-corrected chi connectivity index (χ3v) is 2.25. The SMILES string of the molecule is Cc1ccc([C@H](N)C(F)(F)F)c(O)c1[N+](=O)[O-]. The lowest BCUT2D eigenvalue weighted by Crippen LogP contribution is -2.28. The number of alkyl halides is 3. The zero-order chi connectivity index (χ0) is 13.4. The summed E-state index contributed by atoms with van der Waals surface area (Å²) in [7, 11) is 0. The summed E-state index contributed by atoms with van der Waals surface area (Å²) in [5.41, 5.74) is 3.47. The first-order valence-electron chi connectivity index (χ1n) is 4.45. The van der Waals surface area contributed by atoms with Crippen LogP contribution in [0, 0.1) is 17.0 Å². The molecule has 0 aliphatic rings. The maximum atomic E-state index is 12.3. The van der Waals surface area contributed by atoms with E-state index in [0.29, 0.717) is 0 Å². The number of phenolic OH excluding ortho intramolecular Hbond substituents is 1. The number of hydrogen-bond acceptors (Lipinski definition) is 4. The molecular formula is C9H9F3N2O3. The van der Waals surface area contributed by atoms with Gasteiger partial charge in [0.05, 0.1) is 4.92 Å². The molecule has 1 rings (SSSR count). The van der Waals surface area contributed by atoms with Crippen LogP contribution in [0.4, 0.5) is 18.9 Å². The van der Waals surface area contributed by atoms with Gasteiger partial charge in [-0.1, -0.05) is 12.1 Å². The van der Waals surface area contributed by atoms with E-state index in [9.17, 15) is 28.4 Å². The van der Waals surface area contributed by atoms with Crippen molar-refractivity contribution in [1.82, 2.24) is 0 Å². The van der Waals surface area contributed by atoms with Crippen molar-refractivity contribution >= 4 is 5.69 Å². The largest absolute Gasteiger partial charge is 0.502 e. The summed E-state index contributed by atoms with van der Waals surface area (Å²) >= 11 is 0. The molecule has 0 aliphatic heterocycles. The van der Waals surface area contributed by atoms with Gasteiger partial charge in [-0.2, -0.15) is 13.2 Å². The molecule has 17 heavy (non-hydrogen) atoms. The Hall–Kier alpha value is -1.83. The number of aromatic hydroxyl groups is 1. The topological polar surface area (TPSA) is 89.4 Å². The fourth-order valence-electron chi connectivity index (χ4n) is 1.35. The molecule has 1 aromatic rings. The lowest BCUT2D eigenvalue weighted by molar-refractivity contribution is -0.386. The Labute approximate surface area is 93.8 Å². The maximum absolute atomic E-state index is 12.3. The predicted octanol–water partition coefficient (Wildman–Crippen LogP) is 2.17. The van der Waals surface area contributed by atoms with Gasteiger partial charge in [0.15, 0.2) is 5.75 Å². The zero-order valence-electron chi connectivity index (χ0n) is 8.65. The van der Waals surface area contributed by atoms with Crippen molar-refractivity contribution in [1.29, 1.82) is 0 Å². The van der Waals surface area contributed by atoms with E-state index >= 15 is 0 Å². The second kappa shape index (κ2) is 4.21. The number of halogens is 3. The number of nitro benzene ring substituents is 1. The lowest BCUT2D eigenvalue weighted by atomic mass is 10.0. The van der Waals surface area contributed by atoms with Crippen LogP contribution in [0.2, 0.25) is 0 Å². The number of phenols is 1. The summed E-state index contributed by atoms with van der Waals surface area (Å²) in [5.74, 6) is -1.04.